The molecule has 8 nitrogen and oxygen atoms in total. The molecule has 1 atom stereocenters. The Morgan fingerprint density at radius 2 is 2.29 bits per heavy atom. The molecule has 1 fully saturated rings. The minimum Gasteiger partial charge on any atom is -0.480 e. The predicted molar refractivity (Wildman–Crippen MR) is 76.4 cm³/mol. The van der Waals surface area contributed by atoms with E-state index in [1.54, 1.807) is 0 Å². The van der Waals surface area contributed by atoms with Gasteiger partial charge in [0, 0.05) is 11.9 Å². The van der Waals surface area contributed by atoms with Gasteiger partial charge < -0.3 is 10.4 Å². The highest BCUT2D eigenvalue weighted by molar-refractivity contribution is 7.13. The zero-order chi connectivity index (χ0) is 15.6. The van der Waals surface area contributed by atoms with E-state index in [1.165, 1.54) is 11.3 Å². The van der Waals surface area contributed by atoms with Crippen LogP contribution in [0.25, 0.3) is 0 Å². The summed E-state index contributed by atoms with van der Waals surface area (Å²) in [4.78, 5) is 39.9. The first-order valence-corrected chi connectivity index (χ1v) is 7.29. The molecule has 2 heterocycles. The summed E-state index contributed by atoms with van der Waals surface area (Å²) in [5, 5.41) is 16.3. The number of rotatable bonds is 3. The van der Waals surface area contributed by atoms with Crippen molar-refractivity contribution in [2.24, 2.45) is 0 Å². The van der Waals surface area contributed by atoms with Gasteiger partial charge in [0.25, 0.3) is 0 Å². The molecule has 1 aromatic rings. The van der Waals surface area contributed by atoms with Crippen molar-refractivity contribution in [1.29, 1.82) is 0 Å². The second-order valence-corrected chi connectivity index (χ2v) is 5.81. The summed E-state index contributed by atoms with van der Waals surface area (Å²) in [5.74, 6) is -1.31. The van der Waals surface area contributed by atoms with E-state index >= 15 is 0 Å². The maximum atomic E-state index is 12.1. The van der Waals surface area contributed by atoms with Crippen LogP contribution < -0.4 is 10.6 Å². The largest absolute Gasteiger partial charge is 0.480 e. The second kappa shape index (κ2) is 6.08. The van der Waals surface area contributed by atoms with Crippen LogP contribution >= 0.6 is 11.3 Å². The number of carbonyl (C=O) groups excluding carboxylic acids is 2. The van der Waals surface area contributed by atoms with Crippen molar-refractivity contribution in [2.45, 2.75) is 25.8 Å². The van der Waals surface area contributed by atoms with E-state index < -0.39 is 18.0 Å². The maximum absolute atomic E-state index is 12.1. The molecule has 0 bridgehead atoms. The predicted octanol–water partition coefficient (Wildman–Crippen LogP) is 0.683. The van der Waals surface area contributed by atoms with E-state index in [1.807, 2.05) is 19.2 Å². The Morgan fingerprint density at radius 3 is 2.86 bits per heavy atom. The van der Waals surface area contributed by atoms with Crippen molar-refractivity contribution in [3.05, 3.63) is 11.1 Å². The molecule has 21 heavy (non-hydrogen) atoms. The van der Waals surface area contributed by atoms with Gasteiger partial charge in [0.2, 0.25) is 5.91 Å². The van der Waals surface area contributed by atoms with Crippen molar-refractivity contribution in [2.75, 3.05) is 18.4 Å². The lowest BCUT2D eigenvalue weighted by atomic mass is 10.2. The molecular weight excluding hydrogens is 296 g/mol. The number of carboxylic acids is 1. The molecule has 0 aliphatic carbocycles. The number of aromatic nitrogens is 1. The Bertz CT molecular complexity index is 571. The van der Waals surface area contributed by atoms with Crippen LogP contribution in [0.2, 0.25) is 0 Å². The molecule has 114 valence electrons. The Hall–Kier alpha value is -2.16. The van der Waals surface area contributed by atoms with E-state index in [-0.39, 0.29) is 24.9 Å². The summed E-state index contributed by atoms with van der Waals surface area (Å²) < 4.78 is 0. The summed E-state index contributed by atoms with van der Waals surface area (Å²) in [6.07, 6.45) is 0. The number of hydrogen-bond acceptors (Lipinski definition) is 5. The Morgan fingerprint density at radius 1 is 1.57 bits per heavy atom. The standard InChI is InChI=1S/C12H16N4O4S/c1-6(2)7-5-21-11(14-7)15-12(20)16-4-9(17)13-3-8(16)10(18)19/h5-6,8H,3-4H2,1-2H3,(H,13,17)(H,18,19)(H,14,15,20). The summed E-state index contributed by atoms with van der Waals surface area (Å²) in [7, 11) is 0. The Labute approximate surface area is 125 Å². The molecule has 1 saturated heterocycles. The Kier molecular flexibility index (Phi) is 4.41. The number of piperazine rings is 1. The van der Waals surface area contributed by atoms with Crippen molar-refractivity contribution in [1.82, 2.24) is 15.2 Å². The van der Waals surface area contributed by atoms with Gasteiger partial charge in [0.1, 0.15) is 12.6 Å². The maximum Gasteiger partial charge on any atom is 0.328 e. The van der Waals surface area contributed by atoms with Gasteiger partial charge in [-0.3, -0.25) is 15.0 Å². The number of carbonyl (C=O) groups is 3. The molecule has 0 saturated carbocycles. The molecule has 1 aliphatic heterocycles. The fourth-order valence-corrected chi connectivity index (χ4v) is 2.71. The molecule has 3 N–H and O–H groups in total. The fourth-order valence-electron chi connectivity index (χ4n) is 1.85. The van der Waals surface area contributed by atoms with E-state index in [9.17, 15) is 14.4 Å². The molecular formula is C12H16N4O4S. The lowest BCUT2D eigenvalue weighted by molar-refractivity contribution is -0.144. The van der Waals surface area contributed by atoms with Gasteiger partial charge in [-0.2, -0.15) is 0 Å². The van der Waals surface area contributed by atoms with Crippen molar-refractivity contribution >= 4 is 34.4 Å². The van der Waals surface area contributed by atoms with Gasteiger partial charge in [0.15, 0.2) is 5.13 Å². The van der Waals surface area contributed by atoms with Crippen LogP contribution in [0.4, 0.5) is 9.93 Å². The Balaban J connectivity index is 2.09. The number of nitrogens with one attached hydrogen (secondary N) is 2. The zero-order valence-electron chi connectivity index (χ0n) is 11.6. The van der Waals surface area contributed by atoms with Crippen LogP contribution in [0.15, 0.2) is 5.38 Å². The molecule has 0 spiro atoms. The highest BCUT2D eigenvalue weighted by Crippen LogP contribution is 2.22. The normalized spacial score (nSPS) is 18.5. The number of nitrogens with zero attached hydrogens (tertiary/aromatic N) is 2. The molecule has 1 aromatic heterocycles. The first-order chi connectivity index (χ1) is 9.88. The number of amides is 3. The van der Waals surface area contributed by atoms with Crippen LogP contribution in [0.1, 0.15) is 25.5 Å². The van der Waals surface area contributed by atoms with E-state index in [4.69, 9.17) is 5.11 Å². The smallest absolute Gasteiger partial charge is 0.328 e. The van der Waals surface area contributed by atoms with E-state index in [0.717, 1.165) is 10.6 Å². The number of anilines is 1. The lowest BCUT2D eigenvalue weighted by Gasteiger charge is -2.32. The van der Waals surface area contributed by atoms with Gasteiger partial charge in [-0.1, -0.05) is 13.8 Å². The summed E-state index contributed by atoms with van der Waals surface area (Å²) in [6.45, 7) is 3.58. The third-order valence-corrected chi connectivity index (χ3v) is 3.83. The monoisotopic (exact) mass is 312 g/mol. The van der Waals surface area contributed by atoms with Gasteiger partial charge in [-0.25, -0.2) is 14.6 Å². The average molecular weight is 312 g/mol. The number of urea groups is 1. The molecule has 1 unspecified atom stereocenters. The van der Waals surface area contributed by atoms with E-state index in [2.05, 4.69) is 15.6 Å². The van der Waals surface area contributed by atoms with E-state index in [0.29, 0.717) is 5.13 Å². The molecule has 2 rings (SSSR count). The molecule has 9 heteroatoms. The second-order valence-electron chi connectivity index (χ2n) is 4.95. The third kappa shape index (κ3) is 3.48. The highest BCUT2D eigenvalue weighted by atomic mass is 32.1. The number of hydrogen-bond donors (Lipinski definition) is 3. The molecule has 0 radical (unpaired) electrons. The topological polar surface area (TPSA) is 112 Å². The summed E-state index contributed by atoms with van der Waals surface area (Å²) in [5.41, 5.74) is 0.849. The van der Waals surface area contributed by atoms with Crippen molar-refractivity contribution in [3.8, 4) is 0 Å². The number of thiazole rings is 1. The quantitative estimate of drug-likeness (QED) is 0.760. The zero-order valence-corrected chi connectivity index (χ0v) is 12.4. The third-order valence-electron chi connectivity index (χ3n) is 3.06. The highest BCUT2D eigenvalue weighted by Gasteiger charge is 2.35. The summed E-state index contributed by atoms with van der Waals surface area (Å²) in [6, 6.07) is -1.71. The van der Waals surface area contributed by atoms with Gasteiger partial charge in [0.05, 0.1) is 5.69 Å². The minimum atomic E-state index is -1.16. The van der Waals surface area contributed by atoms with Crippen molar-refractivity contribution < 1.29 is 19.5 Å². The average Bonchev–Trinajstić information content (AvgIpc) is 2.86. The van der Waals surface area contributed by atoms with Crippen LogP contribution in [0.5, 0.6) is 0 Å². The van der Waals surface area contributed by atoms with Crippen LogP contribution in [0, 0.1) is 0 Å². The van der Waals surface area contributed by atoms with Gasteiger partial charge in [-0.15, -0.1) is 11.3 Å². The number of carboxylic acid groups (broad SMARTS) is 1. The van der Waals surface area contributed by atoms with Crippen LogP contribution in [-0.2, 0) is 9.59 Å². The van der Waals surface area contributed by atoms with Crippen molar-refractivity contribution in [3.63, 3.8) is 0 Å². The van der Waals surface area contributed by atoms with Crippen LogP contribution in [-0.4, -0.2) is 52.0 Å². The molecule has 1 aliphatic rings. The number of aliphatic carboxylic acids is 1. The van der Waals surface area contributed by atoms with Crippen LogP contribution in [0.3, 0.4) is 0 Å². The fraction of sp³-hybridized carbons (Fsp3) is 0.500. The molecule has 0 aromatic carbocycles. The summed E-state index contributed by atoms with van der Waals surface area (Å²) >= 11 is 1.26. The lowest BCUT2D eigenvalue weighted by Crippen LogP contribution is -2.60. The van der Waals surface area contributed by atoms with Gasteiger partial charge >= 0.3 is 12.0 Å². The minimum absolute atomic E-state index is 0.100. The SMILES string of the molecule is CC(C)c1csc(NC(=O)N2CC(=O)NCC2C(=O)O)n1. The molecule has 3 amide bonds. The first-order valence-electron chi connectivity index (χ1n) is 6.41. The first kappa shape index (κ1) is 15.2. The van der Waals surface area contributed by atoms with Gasteiger partial charge in [-0.05, 0) is 5.92 Å².